The molecule has 4 nitrogen and oxygen atoms in total. The topological polar surface area (TPSA) is 44.8 Å². The molecule has 2 aromatic heterocycles. The summed E-state index contributed by atoms with van der Waals surface area (Å²) in [6.45, 7) is 5.37. The van der Waals surface area contributed by atoms with E-state index in [1.54, 1.807) is 11.3 Å². The third kappa shape index (κ3) is 2.25. The highest BCUT2D eigenvalue weighted by atomic mass is 32.1. The van der Waals surface area contributed by atoms with Crippen LogP contribution in [0.4, 0.5) is 0 Å². The fourth-order valence-electron chi connectivity index (χ4n) is 2.53. The highest BCUT2D eigenvalue weighted by Gasteiger charge is 2.26. The standard InChI is InChI=1S/C12H16N4S/c1-9-4-14-15-12(9)10-2-3-16(5-10)6-11-7-17-8-13-11/h4,7-8,10H,2-3,5-6H2,1H3,(H,14,15). The van der Waals surface area contributed by atoms with E-state index in [1.807, 2.05) is 11.7 Å². The van der Waals surface area contributed by atoms with Gasteiger partial charge in [-0.15, -0.1) is 11.3 Å². The van der Waals surface area contributed by atoms with Gasteiger partial charge >= 0.3 is 0 Å². The van der Waals surface area contributed by atoms with E-state index in [9.17, 15) is 0 Å². The van der Waals surface area contributed by atoms with Crippen LogP contribution in [0.5, 0.6) is 0 Å². The maximum atomic E-state index is 4.34. The van der Waals surface area contributed by atoms with Crippen LogP contribution in [0.1, 0.15) is 29.3 Å². The van der Waals surface area contributed by atoms with Crippen LogP contribution in [-0.2, 0) is 6.54 Å². The zero-order valence-corrected chi connectivity index (χ0v) is 10.7. The molecule has 0 radical (unpaired) electrons. The maximum absolute atomic E-state index is 4.34. The van der Waals surface area contributed by atoms with Crippen molar-refractivity contribution in [3.05, 3.63) is 34.0 Å². The number of likely N-dealkylation sites (tertiary alicyclic amines) is 1. The molecule has 1 saturated heterocycles. The summed E-state index contributed by atoms with van der Waals surface area (Å²) in [5.74, 6) is 0.608. The Morgan fingerprint density at radius 3 is 3.24 bits per heavy atom. The number of thiazole rings is 1. The molecular weight excluding hydrogens is 232 g/mol. The average molecular weight is 248 g/mol. The lowest BCUT2D eigenvalue weighted by Gasteiger charge is -2.14. The molecular formula is C12H16N4S. The minimum atomic E-state index is 0.608. The molecule has 0 amide bonds. The summed E-state index contributed by atoms with van der Waals surface area (Å²) in [6.07, 6.45) is 3.13. The van der Waals surface area contributed by atoms with Crippen molar-refractivity contribution in [1.29, 1.82) is 0 Å². The Bertz CT molecular complexity index is 476. The Hall–Kier alpha value is -1.20. The first-order valence-electron chi connectivity index (χ1n) is 5.92. The minimum absolute atomic E-state index is 0.608. The molecule has 0 bridgehead atoms. The number of hydrogen-bond donors (Lipinski definition) is 1. The van der Waals surface area contributed by atoms with Crippen LogP contribution in [0.25, 0.3) is 0 Å². The van der Waals surface area contributed by atoms with E-state index < -0.39 is 0 Å². The van der Waals surface area contributed by atoms with E-state index >= 15 is 0 Å². The number of nitrogens with zero attached hydrogens (tertiary/aromatic N) is 3. The van der Waals surface area contributed by atoms with Gasteiger partial charge in [0.05, 0.1) is 17.4 Å². The fraction of sp³-hybridized carbons (Fsp3) is 0.500. The zero-order chi connectivity index (χ0) is 11.7. The van der Waals surface area contributed by atoms with Gasteiger partial charge in [0.1, 0.15) is 0 Å². The van der Waals surface area contributed by atoms with Crippen LogP contribution < -0.4 is 0 Å². The van der Waals surface area contributed by atoms with Crippen molar-refractivity contribution < 1.29 is 0 Å². The van der Waals surface area contributed by atoms with E-state index in [-0.39, 0.29) is 0 Å². The van der Waals surface area contributed by atoms with Crippen molar-refractivity contribution >= 4 is 11.3 Å². The molecule has 3 heterocycles. The van der Waals surface area contributed by atoms with E-state index in [2.05, 4.69) is 32.4 Å². The number of nitrogens with one attached hydrogen (secondary N) is 1. The van der Waals surface area contributed by atoms with Crippen LogP contribution in [0.2, 0.25) is 0 Å². The smallest absolute Gasteiger partial charge is 0.0795 e. The molecule has 1 fully saturated rings. The molecule has 0 spiro atoms. The quantitative estimate of drug-likeness (QED) is 0.905. The lowest BCUT2D eigenvalue weighted by molar-refractivity contribution is 0.323. The Morgan fingerprint density at radius 2 is 2.53 bits per heavy atom. The predicted molar refractivity (Wildman–Crippen MR) is 68.1 cm³/mol. The van der Waals surface area contributed by atoms with Crippen molar-refractivity contribution in [2.24, 2.45) is 0 Å². The lowest BCUT2D eigenvalue weighted by atomic mass is 10.0. The normalized spacial score (nSPS) is 21.1. The SMILES string of the molecule is Cc1cn[nH]c1C1CCN(Cc2cscn2)C1. The van der Waals surface area contributed by atoms with Crippen molar-refractivity contribution in [3.63, 3.8) is 0 Å². The fourth-order valence-corrected chi connectivity index (χ4v) is 3.08. The number of aryl methyl sites for hydroxylation is 1. The predicted octanol–water partition coefficient (Wildman–Crippen LogP) is 2.16. The summed E-state index contributed by atoms with van der Waals surface area (Å²) in [5.41, 5.74) is 5.69. The largest absolute Gasteiger partial charge is 0.297 e. The maximum Gasteiger partial charge on any atom is 0.0795 e. The molecule has 1 aliphatic rings. The number of rotatable bonds is 3. The lowest BCUT2D eigenvalue weighted by Crippen LogP contribution is -2.20. The summed E-state index contributed by atoms with van der Waals surface area (Å²) in [4.78, 5) is 6.81. The van der Waals surface area contributed by atoms with Gasteiger partial charge in [-0.25, -0.2) is 4.98 Å². The molecule has 1 unspecified atom stereocenters. The average Bonchev–Trinajstić information content (AvgIpc) is 3.00. The second kappa shape index (κ2) is 4.58. The first-order valence-corrected chi connectivity index (χ1v) is 6.86. The molecule has 0 saturated carbocycles. The van der Waals surface area contributed by atoms with Crippen LogP contribution in [0.15, 0.2) is 17.1 Å². The zero-order valence-electron chi connectivity index (χ0n) is 9.89. The Balaban J connectivity index is 1.64. The molecule has 1 atom stereocenters. The summed E-state index contributed by atoms with van der Waals surface area (Å²) < 4.78 is 0. The first kappa shape index (κ1) is 10.9. The third-order valence-corrected chi connectivity index (χ3v) is 4.05. The van der Waals surface area contributed by atoms with Gasteiger partial charge in [-0.05, 0) is 25.5 Å². The molecule has 3 rings (SSSR count). The number of aromatic amines is 1. The second-order valence-corrected chi connectivity index (χ2v) is 5.39. The molecule has 17 heavy (non-hydrogen) atoms. The van der Waals surface area contributed by atoms with E-state index in [0.717, 1.165) is 19.6 Å². The molecule has 90 valence electrons. The van der Waals surface area contributed by atoms with Gasteiger partial charge in [-0.1, -0.05) is 0 Å². The van der Waals surface area contributed by atoms with Gasteiger partial charge in [-0.2, -0.15) is 5.10 Å². The summed E-state index contributed by atoms with van der Waals surface area (Å²) in [7, 11) is 0. The van der Waals surface area contributed by atoms with Gasteiger partial charge in [0.25, 0.3) is 0 Å². The highest BCUT2D eigenvalue weighted by Crippen LogP contribution is 2.28. The molecule has 1 N–H and O–H groups in total. The summed E-state index contributed by atoms with van der Waals surface area (Å²) >= 11 is 1.67. The van der Waals surface area contributed by atoms with Crippen LogP contribution in [0, 0.1) is 6.92 Å². The Kier molecular flexibility index (Phi) is 2.94. The van der Waals surface area contributed by atoms with Gasteiger partial charge in [-0.3, -0.25) is 10.00 Å². The van der Waals surface area contributed by atoms with Crippen molar-refractivity contribution in [2.45, 2.75) is 25.8 Å². The minimum Gasteiger partial charge on any atom is -0.297 e. The van der Waals surface area contributed by atoms with Crippen molar-refractivity contribution in [2.75, 3.05) is 13.1 Å². The van der Waals surface area contributed by atoms with Gasteiger partial charge in [0, 0.05) is 30.1 Å². The summed E-state index contributed by atoms with van der Waals surface area (Å²) in [5, 5.41) is 9.38. The van der Waals surface area contributed by atoms with Crippen LogP contribution in [-0.4, -0.2) is 33.2 Å². The molecule has 0 aromatic carbocycles. The number of H-pyrrole nitrogens is 1. The van der Waals surface area contributed by atoms with Crippen LogP contribution in [0.3, 0.4) is 0 Å². The van der Waals surface area contributed by atoms with Crippen LogP contribution >= 0.6 is 11.3 Å². The second-order valence-electron chi connectivity index (χ2n) is 4.67. The molecule has 1 aliphatic heterocycles. The number of aromatic nitrogens is 3. The summed E-state index contributed by atoms with van der Waals surface area (Å²) in [6, 6.07) is 0. The first-order chi connectivity index (χ1) is 8.33. The Morgan fingerprint density at radius 1 is 1.59 bits per heavy atom. The Labute approximate surface area is 105 Å². The van der Waals surface area contributed by atoms with Gasteiger partial charge in [0.2, 0.25) is 0 Å². The molecule has 5 heteroatoms. The van der Waals surface area contributed by atoms with E-state index in [0.29, 0.717) is 5.92 Å². The van der Waals surface area contributed by atoms with Gasteiger partial charge < -0.3 is 0 Å². The monoisotopic (exact) mass is 248 g/mol. The molecule has 0 aliphatic carbocycles. The van der Waals surface area contributed by atoms with Crippen molar-refractivity contribution in [1.82, 2.24) is 20.1 Å². The van der Waals surface area contributed by atoms with E-state index in [1.165, 1.54) is 23.4 Å². The molecule has 2 aromatic rings. The van der Waals surface area contributed by atoms with Crippen molar-refractivity contribution in [3.8, 4) is 0 Å². The van der Waals surface area contributed by atoms with Gasteiger partial charge in [0.15, 0.2) is 0 Å². The highest BCUT2D eigenvalue weighted by molar-refractivity contribution is 7.07. The number of hydrogen-bond acceptors (Lipinski definition) is 4. The third-order valence-electron chi connectivity index (χ3n) is 3.42. The van der Waals surface area contributed by atoms with E-state index in [4.69, 9.17) is 0 Å².